The van der Waals surface area contributed by atoms with E-state index in [1.54, 1.807) is 0 Å². The summed E-state index contributed by atoms with van der Waals surface area (Å²) >= 11 is 10.3. The van der Waals surface area contributed by atoms with E-state index in [1.165, 1.54) is 9.34 Å². The Morgan fingerprint density at radius 2 is 1.50 bits per heavy atom. The standard InChI is InChI=1S/C10H20Br3N2O4P/c11-4-10(5-12,6-13)7-19-20(18)14(8-16)2-1-3-15(20)9-17/h16-17H,1-9H2. The van der Waals surface area contributed by atoms with Crippen LogP contribution in [0.3, 0.4) is 0 Å². The summed E-state index contributed by atoms with van der Waals surface area (Å²) in [4.78, 5) is 0. The van der Waals surface area contributed by atoms with Gasteiger partial charge in [0.2, 0.25) is 0 Å². The number of hydrogen-bond donors (Lipinski definition) is 2. The molecule has 0 saturated carbocycles. The van der Waals surface area contributed by atoms with E-state index in [9.17, 15) is 14.8 Å². The first kappa shape index (κ1) is 19.5. The molecule has 0 aliphatic carbocycles. The summed E-state index contributed by atoms with van der Waals surface area (Å²) < 4.78 is 21.5. The lowest BCUT2D eigenvalue weighted by molar-refractivity contribution is 0.0679. The minimum Gasteiger partial charge on any atom is -0.381 e. The highest BCUT2D eigenvalue weighted by Gasteiger charge is 2.43. The Balaban J connectivity index is 2.86. The van der Waals surface area contributed by atoms with Crippen LogP contribution in [0.25, 0.3) is 0 Å². The van der Waals surface area contributed by atoms with Gasteiger partial charge >= 0.3 is 7.67 Å². The predicted octanol–water partition coefficient (Wildman–Crippen LogP) is 2.19. The quantitative estimate of drug-likeness (QED) is 0.391. The molecular formula is C10H20Br3N2O4P. The summed E-state index contributed by atoms with van der Waals surface area (Å²) in [7, 11) is -3.37. The summed E-state index contributed by atoms with van der Waals surface area (Å²) in [6.45, 7) is 0.539. The molecule has 0 atom stereocenters. The van der Waals surface area contributed by atoms with Crippen LogP contribution in [0, 0.1) is 5.41 Å². The van der Waals surface area contributed by atoms with Crippen LogP contribution >= 0.6 is 55.5 Å². The van der Waals surface area contributed by atoms with Gasteiger partial charge < -0.3 is 14.7 Å². The summed E-state index contributed by atoms with van der Waals surface area (Å²) in [5.74, 6) is 0. The van der Waals surface area contributed by atoms with Gasteiger partial charge in [-0.2, -0.15) is 9.34 Å². The summed E-state index contributed by atoms with van der Waals surface area (Å²) in [5, 5.41) is 20.8. The predicted molar refractivity (Wildman–Crippen MR) is 89.6 cm³/mol. The van der Waals surface area contributed by atoms with Gasteiger partial charge in [-0.15, -0.1) is 0 Å². The molecule has 6 nitrogen and oxygen atoms in total. The zero-order valence-corrected chi connectivity index (χ0v) is 16.7. The lowest BCUT2D eigenvalue weighted by Crippen LogP contribution is -2.42. The smallest absolute Gasteiger partial charge is 0.349 e. The minimum absolute atomic E-state index is 0.239. The summed E-state index contributed by atoms with van der Waals surface area (Å²) in [5.41, 5.74) is -0.239. The number of nitrogens with zero attached hydrogens (tertiary/aromatic N) is 2. The van der Waals surface area contributed by atoms with Crippen LogP contribution in [0.5, 0.6) is 0 Å². The molecule has 2 N–H and O–H groups in total. The summed E-state index contributed by atoms with van der Waals surface area (Å²) in [6, 6.07) is 0. The highest BCUT2D eigenvalue weighted by atomic mass is 79.9. The maximum atomic E-state index is 13.0. The molecule has 120 valence electrons. The molecule has 1 heterocycles. The fourth-order valence-electron chi connectivity index (χ4n) is 1.78. The van der Waals surface area contributed by atoms with Gasteiger partial charge in [0.1, 0.15) is 13.5 Å². The average molecular weight is 503 g/mol. The van der Waals surface area contributed by atoms with Crippen LogP contribution in [0.4, 0.5) is 0 Å². The Labute approximate surface area is 144 Å². The molecule has 1 aliphatic heterocycles. The lowest BCUT2D eigenvalue weighted by Gasteiger charge is -2.41. The van der Waals surface area contributed by atoms with Gasteiger partial charge in [0.25, 0.3) is 0 Å². The van der Waals surface area contributed by atoms with Crippen LogP contribution in [-0.4, -0.2) is 68.7 Å². The van der Waals surface area contributed by atoms with E-state index < -0.39 is 7.67 Å². The Bertz CT molecular complexity index is 322. The maximum Gasteiger partial charge on any atom is 0.349 e. The molecule has 0 unspecified atom stereocenters. The first-order chi connectivity index (χ1) is 9.51. The van der Waals surface area contributed by atoms with Crippen molar-refractivity contribution < 1.29 is 19.3 Å². The molecule has 1 rings (SSSR count). The fourth-order valence-corrected chi connectivity index (χ4v) is 7.28. The van der Waals surface area contributed by atoms with Gasteiger partial charge in [0.05, 0.1) is 6.61 Å². The molecule has 0 aromatic carbocycles. The van der Waals surface area contributed by atoms with Gasteiger partial charge in [-0.1, -0.05) is 47.8 Å². The third-order valence-corrected chi connectivity index (χ3v) is 9.38. The number of aliphatic hydroxyl groups excluding tert-OH is 2. The summed E-state index contributed by atoms with van der Waals surface area (Å²) in [6.07, 6.45) is 0.731. The largest absolute Gasteiger partial charge is 0.381 e. The van der Waals surface area contributed by atoms with E-state index in [0.717, 1.165) is 6.42 Å². The number of halogens is 3. The Hall–Kier alpha value is 1.47. The normalized spacial score (nSPS) is 21.2. The minimum atomic E-state index is -3.37. The molecule has 1 saturated heterocycles. The molecule has 0 amide bonds. The van der Waals surface area contributed by atoms with Crippen LogP contribution in [0.2, 0.25) is 0 Å². The van der Waals surface area contributed by atoms with E-state index in [4.69, 9.17) is 4.52 Å². The SMILES string of the molecule is O=P1(OCC(CBr)(CBr)CBr)N(CO)CCCN1CO. The number of hydrogen-bond acceptors (Lipinski definition) is 4. The van der Waals surface area contributed by atoms with Crippen LogP contribution in [0.1, 0.15) is 6.42 Å². The molecule has 20 heavy (non-hydrogen) atoms. The van der Waals surface area contributed by atoms with Gasteiger partial charge in [-0.3, -0.25) is 4.57 Å². The molecule has 0 bridgehead atoms. The molecular weight excluding hydrogens is 483 g/mol. The van der Waals surface area contributed by atoms with Gasteiger partial charge in [-0.25, -0.2) is 0 Å². The van der Waals surface area contributed by atoms with Crippen molar-refractivity contribution in [2.45, 2.75) is 6.42 Å². The van der Waals surface area contributed by atoms with Gasteiger partial charge in [0.15, 0.2) is 0 Å². The molecule has 1 aliphatic rings. The molecule has 0 spiro atoms. The van der Waals surface area contributed by atoms with E-state index >= 15 is 0 Å². The van der Waals surface area contributed by atoms with Crippen LogP contribution in [0.15, 0.2) is 0 Å². The fraction of sp³-hybridized carbons (Fsp3) is 1.00. The van der Waals surface area contributed by atoms with Crippen molar-refractivity contribution in [1.82, 2.24) is 9.34 Å². The monoisotopic (exact) mass is 500 g/mol. The van der Waals surface area contributed by atoms with Crippen molar-refractivity contribution in [2.24, 2.45) is 5.41 Å². The van der Waals surface area contributed by atoms with E-state index in [0.29, 0.717) is 29.1 Å². The maximum absolute atomic E-state index is 13.0. The van der Waals surface area contributed by atoms with Crippen molar-refractivity contribution in [3.63, 3.8) is 0 Å². The van der Waals surface area contributed by atoms with Crippen molar-refractivity contribution in [2.75, 3.05) is 49.1 Å². The molecule has 0 aromatic heterocycles. The van der Waals surface area contributed by atoms with E-state index in [-0.39, 0.29) is 25.5 Å². The first-order valence-corrected chi connectivity index (χ1v) is 11.1. The topological polar surface area (TPSA) is 73.2 Å². The van der Waals surface area contributed by atoms with E-state index in [1.807, 2.05) is 0 Å². The number of alkyl halides is 3. The van der Waals surface area contributed by atoms with Gasteiger partial charge in [-0.05, 0) is 6.42 Å². The van der Waals surface area contributed by atoms with Gasteiger partial charge in [0, 0.05) is 34.5 Å². The number of aliphatic hydroxyl groups is 2. The second-order valence-electron chi connectivity index (χ2n) is 4.76. The first-order valence-electron chi connectivity index (χ1n) is 6.17. The van der Waals surface area contributed by atoms with Crippen molar-refractivity contribution in [3.05, 3.63) is 0 Å². The zero-order chi connectivity index (χ0) is 15.2. The zero-order valence-electron chi connectivity index (χ0n) is 11.1. The highest BCUT2D eigenvalue weighted by molar-refractivity contribution is 9.10. The Morgan fingerprint density at radius 3 is 1.85 bits per heavy atom. The third-order valence-electron chi connectivity index (χ3n) is 3.26. The average Bonchev–Trinajstić information content (AvgIpc) is 2.49. The number of rotatable bonds is 8. The second kappa shape index (κ2) is 8.93. The molecule has 10 heteroatoms. The molecule has 0 aromatic rings. The second-order valence-corrected chi connectivity index (χ2v) is 8.81. The van der Waals surface area contributed by atoms with Crippen molar-refractivity contribution >= 4 is 55.5 Å². The lowest BCUT2D eigenvalue weighted by atomic mass is 9.98. The Kier molecular flexibility index (Phi) is 8.72. The van der Waals surface area contributed by atoms with Crippen molar-refractivity contribution in [3.8, 4) is 0 Å². The molecule has 1 fully saturated rings. The van der Waals surface area contributed by atoms with Crippen LogP contribution < -0.4 is 0 Å². The highest BCUT2D eigenvalue weighted by Crippen LogP contribution is 2.56. The van der Waals surface area contributed by atoms with Crippen LogP contribution in [-0.2, 0) is 9.09 Å². The Morgan fingerprint density at radius 1 is 1.05 bits per heavy atom. The third kappa shape index (κ3) is 4.26. The van der Waals surface area contributed by atoms with Crippen molar-refractivity contribution in [1.29, 1.82) is 0 Å². The molecule has 0 radical (unpaired) electrons. The van der Waals surface area contributed by atoms with E-state index in [2.05, 4.69) is 47.8 Å².